The molecular formula is C14H18O6. The maximum absolute atomic E-state index is 10.1. The molecule has 1 aromatic carbocycles. The van der Waals surface area contributed by atoms with Gasteiger partial charge in [-0.3, -0.25) is 0 Å². The van der Waals surface area contributed by atoms with Gasteiger partial charge in [0.15, 0.2) is 6.29 Å². The summed E-state index contributed by atoms with van der Waals surface area (Å²) in [7, 11) is 0. The minimum absolute atomic E-state index is 0.203. The van der Waals surface area contributed by atoms with E-state index >= 15 is 0 Å². The Morgan fingerprint density at radius 1 is 0.900 bits per heavy atom. The summed E-state index contributed by atoms with van der Waals surface area (Å²) in [5, 5.41) is 29.3. The summed E-state index contributed by atoms with van der Waals surface area (Å²) in [6, 6.07) is 9.52. The maximum atomic E-state index is 10.1. The Hall–Kier alpha value is -1.02. The normalized spacial score (nSPS) is 41.8. The largest absolute Gasteiger partial charge is 0.387 e. The quantitative estimate of drug-likeness (QED) is 0.648. The van der Waals surface area contributed by atoms with Crippen LogP contribution >= 0.6 is 0 Å². The monoisotopic (exact) mass is 282 g/mol. The van der Waals surface area contributed by atoms with Gasteiger partial charge in [-0.15, -0.1) is 0 Å². The van der Waals surface area contributed by atoms with E-state index in [1.165, 1.54) is 0 Å². The number of benzene rings is 1. The van der Waals surface area contributed by atoms with E-state index in [1.807, 2.05) is 30.3 Å². The van der Waals surface area contributed by atoms with Crippen molar-refractivity contribution in [3.8, 4) is 0 Å². The van der Waals surface area contributed by atoms with Crippen molar-refractivity contribution in [2.45, 2.75) is 36.8 Å². The molecule has 1 aromatic rings. The number of aliphatic hydroxyl groups excluding tert-OH is 3. The van der Waals surface area contributed by atoms with E-state index in [4.69, 9.17) is 14.2 Å². The Kier molecular flexibility index (Phi) is 4.02. The third-order valence-corrected chi connectivity index (χ3v) is 3.70. The lowest BCUT2D eigenvalue weighted by Gasteiger charge is -2.40. The molecule has 0 saturated carbocycles. The molecule has 0 bridgehead atoms. The second-order valence-electron chi connectivity index (χ2n) is 5.08. The van der Waals surface area contributed by atoms with Crippen LogP contribution in [0.4, 0.5) is 0 Å². The smallest absolute Gasteiger partial charge is 0.184 e. The van der Waals surface area contributed by atoms with E-state index in [2.05, 4.69) is 0 Å². The van der Waals surface area contributed by atoms with Gasteiger partial charge in [-0.05, 0) is 5.56 Å². The van der Waals surface area contributed by atoms with Gasteiger partial charge in [-0.2, -0.15) is 0 Å². The summed E-state index contributed by atoms with van der Waals surface area (Å²) in [4.78, 5) is 0. The van der Waals surface area contributed by atoms with Gasteiger partial charge in [0.2, 0.25) is 0 Å². The SMILES string of the molecule is OC1OC2COCC(c3ccccc3)OC2C(O)C1O. The number of hydrogen-bond donors (Lipinski definition) is 3. The van der Waals surface area contributed by atoms with Crippen LogP contribution in [0.25, 0.3) is 0 Å². The Bertz CT molecular complexity index is 439. The van der Waals surface area contributed by atoms with Crippen LogP contribution in [0.5, 0.6) is 0 Å². The van der Waals surface area contributed by atoms with Gasteiger partial charge in [0, 0.05) is 0 Å². The number of hydrogen-bond acceptors (Lipinski definition) is 6. The molecule has 0 amide bonds. The predicted octanol–water partition coefficient (Wildman–Crippen LogP) is -0.418. The Labute approximate surface area is 116 Å². The van der Waals surface area contributed by atoms with Gasteiger partial charge in [-0.25, -0.2) is 0 Å². The molecule has 0 aliphatic carbocycles. The predicted molar refractivity (Wildman–Crippen MR) is 67.8 cm³/mol. The number of aliphatic hydroxyl groups is 3. The van der Waals surface area contributed by atoms with E-state index in [-0.39, 0.29) is 12.7 Å². The highest BCUT2D eigenvalue weighted by Crippen LogP contribution is 2.31. The third kappa shape index (κ3) is 2.58. The van der Waals surface area contributed by atoms with Crippen LogP contribution in [-0.2, 0) is 14.2 Å². The van der Waals surface area contributed by atoms with Crippen LogP contribution in [0.2, 0.25) is 0 Å². The van der Waals surface area contributed by atoms with Crippen LogP contribution in [-0.4, -0.2) is 59.2 Å². The van der Waals surface area contributed by atoms with Gasteiger partial charge in [-0.1, -0.05) is 30.3 Å². The summed E-state index contributed by atoms with van der Waals surface area (Å²) in [6.07, 6.45) is -5.70. The van der Waals surface area contributed by atoms with Gasteiger partial charge in [0.1, 0.15) is 30.5 Å². The maximum Gasteiger partial charge on any atom is 0.184 e. The first kappa shape index (κ1) is 13.9. The summed E-state index contributed by atoms with van der Waals surface area (Å²) in [5.74, 6) is 0. The second-order valence-corrected chi connectivity index (χ2v) is 5.08. The first-order valence-electron chi connectivity index (χ1n) is 6.64. The summed E-state index contributed by atoms with van der Waals surface area (Å²) >= 11 is 0. The zero-order valence-corrected chi connectivity index (χ0v) is 10.8. The molecule has 6 heteroatoms. The topological polar surface area (TPSA) is 88.4 Å². The van der Waals surface area contributed by atoms with Gasteiger partial charge in [0.25, 0.3) is 0 Å². The molecule has 2 saturated heterocycles. The molecule has 0 radical (unpaired) electrons. The van der Waals surface area contributed by atoms with Gasteiger partial charge < -0.3 is 29.5 Å². The number of fused-ring (bicyclic) bond motifs is 1. The standard InChI is InChI=1S/C14H18O6/c15-11-12(16)14(17)20-10-7-18-6-9(19-13(10)11)8-4-2-1-3-5-8/h1-5,9-17H,6-7H2. The summed E-state index contributed by atoms with van der Waals surface area (Å²) in [5.41, 5.74) is 0.931. The molecule has 3 rings (SSSR count). The van der Waals surface area contributed by atoms with Gasteiger partial charge >= 0.3 is 0 Å². The Balaban J connectivity index is 1.80. The van der Waals surface area contributed by atoms with Crippen molar-refractivity contribution in [2.75, 3.05) is 13.2 Å². The van der Waals surface area contributed by atoms with Crippen LogP contribution in [0, 0.1) is 0 Å². The molecule has 0 spiro atoms. The zero-order chi connectivity index (χ0) is 14.1. The number of ether oxygens (including phenoxy) is 3. The van der Waals surface area contributed by atoms with E-state index in [9.17, 15) is 15.3 Å². The summed E-state index contributed by atoms with van der Waals surface area (Å²) < 4.78 is 16.6. The first-order valence-corrected chi connectivity index (χ1v) is 6.64. The molecule has 2 aliphatic rings. The Morgan fingerprint density at radius 2 is 1.65 bits per heavy atom. The molecule has 2 fully saturated rings. The molecule has 20 heavy (non-hydrogen) atoms. The molecule has 6 unspecified atom stereocenters. The van der Waals surface area contributed by atoms with Crippen molar-refractivity contribution in [3.63, 3.8) is 0 Å². The second kappa shape index (κ2) is 5.77. The molecule has 6 atom stereocenters. The van der Waals surface area contributed by atoms with Crippen molar-refractivity contribution in [1.82, 2.24) is 0 Å². The highest BCUT2D eigenvalue weighted by Gasteiger charge is 2.46. The molecule has 110 valence electrons. The van der Waals surface area contributed by atoms with Crippen LogP contribution in [0.3, 0.4) is 0 Å². The van der Waals surface area contributed by atoms with E-state index in [0.717, 1.165) is 5.56 Å². The molecule has 2 aliphatic heterocycles. The summed E-state index contributed by atoms with van der Waals surface area (Å²) in [6.45, 7) is 0.536. The van der Waals surface area contributed by atoms with Crippen LogP contribution < -0.4 is 0 Å². The van der Waals surface area contributed by atoms with E-state index in [1.54, 1.807) is 0 Å². The zero-order valence-electron chi connectivity index (χ0n) is 10.8. The lowest BCUT2D eigenvalue weighted by atomic mass is 9.99. The molecule has 0 aromatic heterocycles. The van der Waals surface area contributed by atoms with Crippen molar-refractivity contribution in [1.29, 1.82) is 0 Å². The van der Waals surface area contributed by atoms with Crippen molar-refractivity contribution >= 4 is 0 Å². The molecule has 6 nitrogen and oxygen atoms in total. The van der Waals surface area contributed by atoms with Gasteiger partial charge in [0.05, 0.1) is 13.2 Å². The highest BCUT2D eigenvalue weighted by molar-refractivity contribution is 5.18. The average molecular weight is 282 g/mol. The highest BCUT2D eigenvalue weighted by atomic mass is 16.7. The van der Waals surface area contributed by atoms with Crippen LogP contribution in [0.15, 0.2) is 30.3 Å². The molecule has 2 heterocycles. The molecule has 3 N–H and O–H groups in total. The average Bonchev–Trinajstić information content (AvgIpc) is 2.68. The van der Waals surface area contributed by atoms with Crippen LogP contribution in [0.1, 0.15) is 11.7 Å². The fourth-order valence-electron chi connectivity index (χ4n) is 2.58. The number of rotatable bonds is 1. The van der Waals surface area contributed by atoms with Crippen molar-refractivity contribution < 1.29 is 29.5 Å². The minimum Gasteiger partial charge on any atom is -0.387 e. The lowest BCUT2D eigenvalue weighted by Crippen LogP contribution is -2.59. The molecular weight excluding hydrogens is 264 g/mol. The fourth-order valence-corrected chi connectivity index (χ4v) is 2.58. The van der Waals surface area contributed by atoms with E-state index in [0.29, 0.717) is 6.61 Å². The fraction of sp³-hybridized carbons (Fsp3) is 0.571. The minimum atomic E-state index is -1.42. The Morgan fingerprint density at radius 3 is 2.40 bits per heavy atom. The first-order chi connectivity index (χ1) is 9.66. The third-order valence-electron chi connectivity index (χ3n) is 3.70. The van der Waals surface area contributed by atoms with Crippen molar-refractivity contribution in [3.05, 3.63) is 35.9 Å². The van der Waals surface area contributed by atoms with Crippen molar-refractivity contribution in [2.24, 2.45) is 0 Å². The lowest BCUT2D eigenvalue weighted by molar-refractivity contribution is -0.292. The van der Waals surface area contributed by atoms with E-state index < -0.39 is 30.7 Å².